The van der Waals surface area contributed by atoms with Gasteiger partial charge in [-0.25, -0.2) is 0 Å². The van der Waals surface area contributed by atoms with Gasteiger partial charge in [-0.15, -0.1) is 0 Å². The van der Waals surface area contributed by atoms with Crippen molar-refractivity contribution in [3.8, 4) is 0 Å². The van der Waals surface area contributed by atoms with Gasteiger partial charge in [0.05, 0.1) is 6.61 Å². The minimum atomic E-state index is 0.788. The minimum Gasteiger partial charge on any atom is -0.385 e. The molecule has 0 bridgehead atoms. The second kappa shape index (κ2) is 11.8. The minimum absolute atomic E-state index is 0.788. The van der Waals surface area contributed by atoms with Crippen molar-refractivity contribution < 1.29 is 4.74 Å². The number of para-hydroxylation sites is 1. The maximum Gasteiger partial charge on any atom is 0.0503 e. The zero-order chi connectivity index (χ0) is 14.5. The van der Waals surface area contributed by atoms with Crippen LogP contribution in [0.3, 0.4) is 0 Å². The molecule has 0 saturated carbocycles. The van der Waals surface area contributed by atoms with Crippen molar-refractivity contribution in [1.29, 1.82) is 0 Å². The highest BCUT2D eigenvalue weighted by Gasteiger charge is 2.00. The third-order valence-corrected chi connectivity index (χ3v) is 3.69. The van der Waals surface area contributed by atoms with Crippen LogP contribution in [-0.2, 0) is 11.2 Å². The molecule has 0 saturated heterocycles. The Labute approximate surface area is 124 Å². The van der Waals surface area contributed by atoms with E-state index in [2.05, 4.69) is 36.5 Å². The summed E-state index contributed by atoms with van der Waals surface area (Å²) in [6, 6.07) is 8.56. The van der Waals surface area contributed by atoms with Gasteiger partial charge in [0.1, 0.15) is 0 Å². The fourth-order valence-electron chi connectivity index (χ4n) is 2.43. The summed E-state index contributed by atoms with van der Waals surface area (Å²) in [5, 5.41) is 3.57. The summed E-state index contributed by atoms with van der Waals surface area (Å²) >= 11 is 0. The Hall–Kier alpha value is -1.02. The number of hydrogen-bond acceptors (Lipinski definition) is 2. The van der Waals surface area contributed by atoms with E-state index in [0.29, 0.717) is 0 Å². The molecule has 0 amide bonds. The molecule has 1 rings (SSSR count). The molecule has 0 aliphatic heterocycles. The van der Waals surface area contributed by atoms with Crippen molar-refractivity contribution >= 4 is 5.69 Å². The predicted octanol–water partition coefficient (Wildman–Crippen LogP) is 5.04. The van der Waals surface area contributed by atoms with Crippen LogP contribution in [0, 0.1) is 0 Å². The van der Waals surface area contributed by atoms with E-state index in [4.69, 9.17) is 4.74 Å². The molecule has 0 aromatic heterocycles. The molecule has 20 heavy (non-hydrogen) atoms. The molecule has 0 fully saturated rings. The highest BCUT2D eigenvalue weighted by Crippen LogP contribution is 2.16. The van der Waals surface area contributed by atoms with E-state index >= 15 is 0 Å². The molecule has 2 heteroatoms. The van der Waals surface area contributed by atoms with Gasteiger partial charge in [-0.3, -0.25) is 0 Å². The van der Waals surface area contributed by atoms with E-state index < -0.39 is 0 Å². The zero-order valence-corrected chi connectivity index (χ0v) is 13.3. The average molecular weight is 277 g/mol. The summed E-state index contributed by atoms with van der Waals surface area (Å²) in [6.45, 7) is 4.14. The third-order valence-electron chi connectivity index (χ3n) is 3.69. The van der Waals surface area contributed by atoms with E-state index in [1.807, 2.05) is 0 Å². The van der Waals surface area contributed by atoms with E-state index in [1.54, 1.807) is 7.11 Å². The Bertz CT molecular complexity index is 338. The third kappa shape index (κ3) is 7.54. The van der Waals surface area contributed by atoms with E-state index in [9.17, 15) is 0 Å². The molecule has 0 radical (unpaired) electrons. The van der Waals surface area contributed by atoms with E-state index in [1.165, 1.54) is 56.2 Å². The van der Waals surface area contributed by atoms with Gasteiger partial charge in [-0.05, 0) is 24.5 Å². The number of nitrogens with one attached hydrogen (secondary N) is 1. The van der Waals surface area contributed by atoms with Gasteiger partial charge < -0.3 is 10.1 Å². The van der Waals surface area contributed by atoms with Crippen LogP contribution in [0.4, 0.5) is 5.69 Å². The van der Waals surface area contributed by atoms with Crippen LogP contribution in [0.5, 0.6) is 0 Å². The molecule has 1 N–H and O–H groups in total. The summed E-state index contributed by atoms with van der Waals surface area (Å²) in [7, 11) is 1.76. The molecule has 114 valence electrons. The number of hydrogen-bond donors (Lipinski definition) is 1. The molecule has 1 aromatic carbocycles. The molecule has 2 nitrogen and oxygen atoms in total. The van der Waals surface area contributed by atoms with E-state index in [-0.39, 0.29) is 0 Å². The van der Waals surface area contributed by atoms with Crippen LogP contribution >= 0.6 is 0 Å². The first-order valence-corrected chi connectivity index (χ1v) is 8.19. The second-order valence-electron chi connectivity index (χ2n) is 5.45. The smallest absolute Gasteiger partial charge is 0.0503 e. The summed E-state index contributed by atoms with van der Waals surface area (Å²) in [4.78, 5) is 0. The van der Waals surface area contributed by atoms with Crippen LogP contribution in [0.25, 0.3) is 0 Å². The molecule has 0 atom stereocenters. The van der Waals surface area contributed by atoms with Crippen molar-refractivity contribution in [2.24, 2.45) is 0 Å². The molecule has 0 aliphatic carbocycles. The van der Waals surface area contributed by atoms with Gasteiger partial charge in [0, 0.05) is 19.3 Å². The average Bonchev–Trinajstić information content (AvgIpc) is 2.49. The predicted molar refractivity (Wildman–Crippen MR) is 88.5 cm³/mol. The normalized spacial score (nSPS) is 10.7. The van der Waals surface area contributed by atoms with Gasteiger partial charge in [0.2, 0.25) is 0 Å². The maximum atomic E-state index is 5.16. The van der Waals surface area contributed by atoms with Crippen molar-refractivity contribution in [3.63, 3.8) is 0 Å². The largest absolute Gasteiger partial charge is 0.385 e. The number of ether oxygens (including phenoxy) is 1. The lowest BCUT2D eigenvalue weighted by Gasteiger charge is -2.11. The quantitative estimate of drug-likeness (QED) is 0.540. The Morgan fingerprint density at radius 3 is 2.40 bits per heavy atom. The second-order valence-corrected chi connectivity index (χ2v) is 5.45. The van der Waals surface area contributed by atoms with Gasteiger partial charge in [0.25, 0.3) is 0 Å². The Kier molecular flexibility index (Phi) is 10.0. The molecule has 1 aromatic rings. The first kappa shape index (κ1) is 17.0. The Balaban J connectivity index is 2.15. The van der Waals surface area contributed by atoms with E-state index in [0.717, 1.165) is 19.6 Å². The van der Waals surface area contributed by atoms with Crippen LogP contribution in [0.2, 0.25) is 0 Å². The monoisotopic (exact) mass is 277 g/mol. The number of benzene rings is 1. The molecule has 0 unspecified atom stereocenters. The van der Waals surface area contributed by atoms with Gasteiger partial charge in [-0.2, -0.15) is 0 Å². The molecular weight excluding hydrogens is 246 g/mol. The van der Waals surface area contributed by atoms with Gasteiger partial charge in [-0.1, -0.05) is 63.6 Å². The number of anilines is 1. The standard InChI is InChI=1S/C18H31NO/c1-3-4-5-6-7-8-11-15-19-18-13-10-9-12-17(18)14-16-20-2/h9-10,12-13,19H,3-8,11,14-16H2,1-2H3. The van der Waals surface area contributed by atoms with Gasteiger partial charge in [0.15, 0.2) is 0 Å². The summed E-state index contributed by atoms with van der Waals surface area (Å²) in [6.07, 6.45) is 10.5. The summed E-state index contributed by atoms with van der Waals surface area (Å²) in [5.41, 5.74) is 2.63. The van der Waals surface area contributed by atoms with Crippen LogP contribution in [-0.4, -0.2) is 20.3 Å². The van der Waals surface area contributed by atoms with Crippen LogP contribution in [0.1, 0.15) is 57.4 Å². The fourth-order valence-corrected chi connectivity index (χ4v) is 2.43. The lowest BCUT2D eigenvalue weighted by molar-refractivity contribution is 0.202. The summed E-state index contributed by atoms with van der Waals surface area (Å²) in [5.74, 6) is 0. The number of rotatable bonds is 12. The highest BCUT2D eigenvalue weighted by molar-refractivity contribution is 5.51. The fraction of sp³-hybridized carbons (Fsp3) is 0.667. The first-order chi connectivity index (χ1) is 9.88. The van der Waals surface area contributed by atoms with Crippen molar-refractivity contribution in [3.05, 3.63) is 29.8 Å². The number of unbranched alkanes of at least 4 members (excludes halogenated alkanes) is 6. The highest BCUT2D eigenvalue weighted by atomic mass is 16.5. The molecule has 0 heterocycles. The molecule has 0 aliphatic rings. The Morgan fingerprint density at radius 1 is 0.950 bits per heavy atom. The SMILES string of the molecule is CCCCCCCCCNc1ccccc1CCOC. The van der Waals surface area contributed by atoms with Gasteiger partial charge >= 0.3 is 0 Å². The Morgan fingerprint density at radius 2 is 1.65 bits per heavy atom. The molecule has 0 spiro atoms. The number of methoxy groups -OCH3 is 1. The maximum absolute atomic E-state index is 5.16. The zero-order valence-electron chi connectivity index (χ0n) is 13.3. The molecular formula is C18H31NO. The van der Waals surface area contributed by atoms with Crippen LogP contribution < -0.4 is 5.32 Å². The lowest BCUT2D eigenvalue weighted by Crippen LogP contribution is -2.05. The van der Waals surface area contributed by atoms with Crippen molar-refractivity contribution in [2.75, 3.05) is 25.6 Å². The topological polar surface area (TPSA) is 21.3 Å². The van der Waals surface area contributed by atoms with Crippen molar-refractivity contribution in [1.82, 2.24) is 0 Å². The lowest BCUT2D eigenvalue weighted by atomic mass is 10.1. The summed E-state index contributed by atoms with van der Waals surface area (Å²) < 4.78 is 5.16. The van der Waals surface area contributed by atoms with Crippen LogP contribution in [0.15, 0.2) is 24.3 Å². The first-order valence-electron chi connectivity index (χ1n) is 8.19. The van der Waals surface area contributed by atoms with Crippen molar-refractivity contribution in [2.45, 2.75) is 58.3 Å².